The number of hydrogen-bond acceptors (Lipinski definition) is 2. The summed E-state index contributed by atoms with van der Waals surface area (Å²) in [7, 11) is 0. The molecule has 0 unspecified atom stereocenters. The van der Waals surface area contributed by atoms with Gasteiger partial charge in [-0.1, -0.05) is 18.9 Å². The van der Waals surface area contributed by atoms with Gasteiger partial charge in [0, 0.05) is 6.04 Å². The molecule has 0 amide bonds. The van der Waals surface area contributed by atoms with Crippen LogP contribution in [0, 0.1) is 23.1 Å². The van der Waals surface area contributed by atoms with E-state index < -0.39 is 5.82 Å². The van der Waals surface area contributed by atoms with Crippen LogP contribution >= 0.6 is 0 Å². The molecule has 1 fully saturated rings. The Labute approximate surface area is 94.9 Å². The van der Waals surface area contributed by atoms with Gasteiger partial charge in [0.25, 0.3) is 0 Å². The van der Waals surface area contributed by atoms with Crippen molar-refractivity contribution in [3.05, 3.63) is 35.1 Å². The lowest BCUT2D eigenvalue weighted by Gasteiger charge is -2.19. The van der Waals surface area contributed by atoms with Crippen LogP contribution in [0.5, 0.6) is 0 Å². The highest BCUT2D eigenvalue weighted by atomic mass is 19.1. The molecule has 1 aromatic carbocycles. The van der Waals surface area contributed by atoms with Crippen LogP contribution in [0.3, 0.4) is 0 Å². The van der Waals surface area contributed by atoms with Gasteiger partial charge in [-0.25, -0.2) is 4.39 Å². The number of hydrogen-bond donors (Lipinski definition) is 1. The molecule has 1 atom stereocenters. The van der Waals surface area contributed by atoms with Crippen LogP contribution in [0.15, 0.2) is 18.2 Å². The maximum absolute atomic E-state index is 13.1. The molecule has 84 valence electrons. The summed E-state index contributed by atoms with van der Waals surface area (Å²) in [5, 5.41) is 8.76. The lowest BCUT2D eigenvalue weighted by Crippen LogP contribution is -2.19. The third kappa shape index (κ3) is 2.07. The number of nitrogens with two attached hydrogens (primary N) is 1. The van der Waals surface area contributed by atoms with Gasteiger partial charge in [-0.2, -0.15) is 5.26 Å². The van der Waals surface area contributed by atoms with Gasteiger partial charge in [0.05, 0.1) is 5.56 Å². The minimum Gasteiger partial charge on any atom is -0.324 e. The maximum Gasteiger partial charge on any atom is 0.140 e. The summed E-state index contributed by atoms with van der Waals surface area (Å²) >= 11 is 0. The fourth-order valence-corrected chi connectivity index (χ4v) is 2.42. The standard InChI is InChI=1S/C13H15FN2/c14-12-6-5-10(7-11(12)8-15)13(16)9-3-1-2-4-9/h5-7,9,13H,1-4,16H2/t13-/m0/s1. The molecule has 0 bridgehead atoms. The number of halogens is 1. The highest BCUT2D eigenvalue weighted by molar-refractivity contribution is 5.35. The molecule has 0 aromatic heterocycles. The molecule has 2 N–H and O–H groups in total. The first-order chi connectivity index (χ1) is 7.72. The van der Waals surface area contributed by atoms with Crippen molar-refractivity contribution in [1.29, 1.82) is 5.26 Å². The molecule has 3 heteroatoms. The van der Waals surface area contributed by atoms with Crippen molar-refractivity contribution >= 4 is 0 Å². The molecule has 2 nitrogen and oxygen atoms in total. The first-order valence-electron chi connectivity index (χ1n) is 5.67. The van der Waals surface area contributed by atoms with Crippen molar-refractivity contribution in [2.24, 2.45) is 11.7 Å². The van der Waals surface area contributed by atoms with E-state index in [1.165, 1.54) is 18.9 Å². The first-order valence-corrected chi connectivity index (χ1v) is 5.67. The molecule has 1 saturated carbocycles. The Morgan fingerprint density at radius 3 is 2.69 bits per heavy atom. The molecule has 0 spiro atoms. The minimum absolute atomic E-state index is 0.0600. The Morgan fingerprint density at radius 1 is 1.38 bits per heavy atom. The van der Waals surface area contributed by atoms with Gasteiger partial charge in [-0.15, -0.1) is 0 Å². The summed E-state index contributed by atoms with van der Waals surface area (Å²) in [6.45, 7) is 0. The van der Waals surface area contributed by atoms with Crippen LogP contribution < -0.4 is 5.73 Å². The summed E-state index contributed by atoms with van der Waals surface area (Å²) in [6, 6.07) is 6.40. The molecular formula is C13H15FN2. The third-order valence-electron chi connectivity index (χ3n) is 3.40. The van der Waals surface area contributed by atoms with E-state index in [9.17, 15) is 4.39 Å². The second kappa shape index (κ2) is 4.63. The zero-order valence-corrected chi connectivity index (χ0v) is 9.12. The highest BCUT2D eigenvalue weighted by Crippen LogP contribution is 2.34. The summed E-state index contributed by atoms with van der Waals surface area (Å²) in [6.07, 6.45) is 4.73. The van der Waals surface area contributed by atoms with Gasteiger partial charge in [-0.3, -0.25) is 0 Å². The number of nitrogens with zero attached hydrogens (tertiary/aromatic N) is 1. The smallest absolute Gasteiger partial charge is 0.140 e. The van der Waals surface area contributed by atoms with Gasteiger partial charge >= 0.3 is 0 Å². The van der Waals surface area contributed by atoms with Crippen LogP contribution in [-0.2, 0) is 0 Å². The summed E-state index contributed by atoms with van der Waals surface area (Å²) < 4.78 is 13.1. The second-order valence-electron chi connectivity index (χ2n) is 4.42. The van der Waals surface area contributed by atoms with Crippen molar-refractivity contribution in [3.63, 3.8) is 0 Å². The first kappa shape index (κ1) is 11.1. The number of nitriles is 1. The predicted octanol–water partition coefficient (Wildman–Crippen LogP) is 2.89. The largest absolute Gasteiger partial charge is 0.324 e. The van der Waals surface area contributed by atoms with E-state index in [2.05, 4.69) is 0 Å². The molecule has 0 heterocycles. The monoisotopic (exact) mass is 218 g/mol. The summed E-state index contributed by atoms with van der Waals surface area (Å²) in [4.78, 5) is 0. The SMILES string of the molecule is N#Cc1cc([C@@H](N)C2CCCC2)ccc1F. The van der Waals surface area contributed by atoms with E-state index in [-0.39, 0.29) is 11.6 Å². The average Bonchev–Trinajstić information content (AvgIpc) is 2.82. The van der Waals surface area contributed by atoms with Crippen LogP contribution in [0.4, 0.5) is 4.39 Å². The molecule has 0 radical (unpaired) electrons. The Kier molecular flexibility index (Phi) is 3.21. The zero-order chi connectivity index (χ0) is 11.5. The quantitative estimate of drug-likeness (QED) is 0.829. The van der Waals surface area contributed by atoms with Crippen molar-refractivity contribution in [2.75, 3.05) is 0 Å². The van der Waals surface area contributed by atoms with Crippen molar-refractivity contribution < 1.29 is 4.39 Å². The predicted molar refractivity (Wildman–Crippen MR) is 60.0 cm³/mol. The van der Waals surface area contributed by atoms with Crippen LogP contribution in [0.1, 0.15) is 42.9 Å². The second-order valence-corrected chi connectivity index (χ2v) is 4.42. The Morgan fingerprint density at radius 2 is 2.06 bits per heavy atom. The molecule has 16 heavy (non-hydrogen) atoms. The van der Waals surface area contributed by atoms with Gasteiger partial charge in [0.1, 0.15) is 11.9 Å². The number of benzene rings is 1. The maximum atomic E-state index is 13.1. The van der Waals surface area contributed by atoms with Crippen molar-refractivity contribution in [2.45, 2.75) is 31.7 Å². The Hall–Kier alpha value is -1.40. The molecule has 2 rings (SSSR count). The number of rotatable bonds is 2. The zero-order valence-electron chi connectivity index (χ0n) is 9.12. The highest BCUT2D eigenvalue weighted by Gasteiger charge is 2.23. The molecule has 1 aromatic rings. The summed E-state index contributed by atoms with van der Waals surface area (Å²) in [5.74, 6) is 0.0156. The molecule has 0 saturated heterocycles. The van der Waals surface area contributed by atoms with Crippen LogP contribution in [0.25, 0.3) is 0 Å². The summed E-state index contributed by atoms with van der Waals surface area (Å²) in [5.41, 5.74) is 7.11. The van der Waals surface area contributed by atoms with Crippen molar-refractivity contribution in [3.8, 4) is 6.07 Å². The Bertz CT molecular complexity index is 416. The molecule has 0 aliphatic heterocycles. The molecule has 1 aliphatic rings. The van der Waals surface area contributed by atoms with E-state index in [1.54, 1.807) is 12.1 Å². The van der Waals surface area contributed by atoms with E-state index >= 15 is 0 Å². The fourth-order valence-electron chi connectivity index (χ4n) is 2.42. The van der Waals surface area contributed by atoms with Crippen LogP contribution in [0.2, 0.25) is 0 Å². The van der Waals surface area contributed by atoms with E-state index in [1.807, 2.05) is 6.07 Å². The van der Waals surface area contributed by atoms with Gasteiger partial charge in [0.2, 0.25) is 0 Å². The normalized spacial score (nSPS) is 18.3. The van der Waals surface area contributed by atoms with Gasteiger partial charge in [-0.05, 0) is 36.5 Å². The van der Waals surface area contributed by atoms with E-state index in [4.69, 9.17) is 11.0 Å². The van der Waals surface area contributed by atoms with E-state index in [0.29, 0.717) is 5.92 Å². The third-order valence-corrected chi connectivity index (χ3v) is 3.40. The lowest BCUT2D eigenvalue weighted by atomic mass is 9.91. The molecular weight excluding hydrogens is 203 g/mol. The topological polar surface area (TPSA) is 49.8 Å². The fraction of sp³-hybridized carbons (Fsp3) is 0.462. The van der Waals surface area contributed by atoms with Gasteiger partial charge < -0.3 is 5.73 Å². The minimum atomic E-state index is -0.468. The average molecular weight is 218 g/mol. The van der Waals surface area contributed by atoms with Gasteiger partial charge in [0.15, 0.2) is 0 Å². The van der Waals surface area contributed by atoms with E-state index in [0.717, 1.165) is 18.4 Å². The van der Waals surface area contributed by atoms with Crippen LogP contribution in [-0.4, -0.2) is 0 Å². The lowest BCUT2D eigenvalue weighted by molar-refractivity contribution is 0.444. The van der Waals surface area contributed by atoms with Crippen molar-refractivity contribution in [1.82, 2.24) is 0 Å². The molecule has 1 aliphatic carbocycles. The Balaban J connectivity index is 2.23.